The summed E-state index contributed by atoms with van der Waals surface area (Å²) in [7, 11) is 0. The van der Waals surface area contributed by atoms with Crippen LogP contribution >= 0.6 is 11.8 Å². The summed E-state index contributed by atoms with van der Waals surface area (Å²) in [6.07, 6.45) is 3.40. The predicted octanol–water partition coefficient (Wildman–Crippen LogP) is 2.07. The van der Waals surface area contributed by atoms with E-state index in [-0.39, 0.29) is 0 Å². The van der Waals surface area contributed by atoms with E-state index in [1.165, 1.54) is 25.3 Å². The van der Waals surface area contributed by atoms with Gasteiger partial charge in [0.1, 0.15) is 0 Å². The zero-order chi connectivity index (χ0) is 11.1. The van der Waals surface area contributed by atoms with Gasteiger partial charge >= 0.3 is 5.97 Å². The fourth-order valence-corrected chi connectivity index (χ4v) is 3.09. The minimum Gasteiger partial charge on any atom is -0.481 e. The van der Waals surface area contributed by atoms with Crippen LogP contribution in [-0.4, -0.2) is 46.6 Å². The molecule has 0 amide bonds. The van der Waals surface area contributed by atoms with E-state index >= 15 is 0 Å². The van der Waals surface area contributed by atoms with Crippen molar-refractivity contribution in [2.75, 3.05) is 25.4 Å². The van der Waals surface area contributed by atoms with Crippen molar-refractivity contribution in [1.82, 2.24) is 4.90 Å². The van der Waals surface area contributed by atoms with Gasteiger partial charge in [0, 0.05) is 30.5 Å². The van der Waals surface area contributed by atoms with Gasteiger partial charge in [-0.25, -0.2) is 0 Å². The first-order valence-electron chi connectivity index (χ1n) is 5.78. The summed E-state index contributed by atoms with van der Waals surface area (Å²) in [5, 5.41) is 9.30. The highest BCUT2D eigenvalue weighted by Crippen LogP contribution is 2.21. The lowest BCUT2D eigenvalue weighted by Gasteiger charge is -2.31. The molecule has 0 aromatic rings. The summed E-state index contributed by atoms with van der Waals surface area (Å²) < 4.78 is 0. The van der Waals surface area contributed by atoms with Crippen molar-refractivity contribution in [2.45, 2.75) is 37.9 Å². The number of nitrogens with zero attached hydrogens (tertiary/aromatic N) is 1. The second kappa shape index (κ2) is 7.12. The highest BCUT2D eigenvalue weighted by atomic mass is 32.2. The monoisotopic (exact) mass is 231 g/mol. The summed E-state index contributed by atoms with van der Waals surface area (Å²) in [5.74, 6) is 0.563. The van der Waals surface area contributed by atoms with Crippen LogP contribution in [0.1, 0.15) is 32.6 Å². The van der Waals surface area contributed by atoms with Gasteiger partial charge in [0.05, 0.1) is 0 Å². The van der Waals surface area contributed by atoms with Gasteiger partial charge in [-0.1, -0.05) is 6.92 Å². The number of thioether (sulfide) groups is 1. The standard InChI is InChI=1S/C11H21NO2S/c1-2-10-9-12(7-8-15-10)6-4-3-5-11(13)14/h10H,2-9H2,1H3,(H,13,14). The number of carboxylic acid groups (broad SMARTS) is 1. The lowest BCUT2D eigenvalue weighted by molar-refractivity contribution is -0.137. The van der Waals surface area contributed by atoms with Crippen LogP contribution in [0.15, 0.2) is 0 Å². The van der Waals surface area contributed by atoms with E-state index in [9.17, 15) is 4.79 Å². The molecular weight excluding hydrogens is 210 g/mol. The molecule has 1 fully saturated rings. The summed E-state index contributed by atoms with van der Waals surface area (Å²) >= 11 is 2.08. The number of carbonyl (C=O) groups is 1. The van der Waals surface area contributed by atoms with Crippen molar-refractivity contribution < 1.29 is 9.90 Å². The Hall–Kier alpha value is -0.220. The van der Waals surface area contributed by atoms with Crippen molar-refractivity contribution in [1.29, 1.82) is 0 Å². The van der Waals surface area contributed by atoms with Crippen molar-refractivity contribution in [3.05, 3.63) is 0 Å². The number of carboxylic acids is 1. The lowest BCUT2D eigenvalue weighted by Crippen LogP contribution is -2.38. The third-order valence-electron chi connectivity index (χ3n) is 2.79. The average molecular weight is 231 g/mol. The first-order chi connectivity index (χ1) is 7.22. The van der Waals surface area contributed by atoms with Crippen LogP contribution in [0.4, 0.5) is 0 Å². The molecule has 3 nitrogen and oxygen atoms in total. The largest absolute Gasteiger partial charge is 0.481 e. The van der Waals surface area contributed by atoms with Gasteiger partial charge in [0.15, 0.2) is 0 Å². The molecule has 15 heavy (non-hydrogen) atoms. The fraction of sp³-hybridized carbons (Fsp3) is 0.909. The second-order valence-corrected chi connectivity index (χ2v) is 5.46. The maximum Gasteiger partial charge on any atom is 0.303 e. The van der Waals surface area contributed by atoms with Gasteiger partial charge in [-0.2, -0.15) is 11.8 Å². The molecule has 88 valence electrons. The smallest absolute Gasteiger partial charge is 0.303 e. The van der Waals surface area contributed by atoms with E-state index in [1.54, 1.807) is 0 Å². The summed E-state index contributed by atoms with van der Waals surface area (Å²) in [6.45, 7) is 5.68. The van der Waals surface area contributed by atoms with Gasteiger partial charge in [-0.05, 0) is 25.8 Å². The van der Waals surface area contributed by atoms with Crippen molar-refractivity contribution in [3.8, 4) is 0 Å². The van der Waals surface area contributed by atoms with Crippen molar-refractivity contribution in [2.24, 2.45) is 0 Å². The first kappa shape index (κ1) is 12.8. The molecular formula is C11H21NO2S. The second-order valence-electron chi connectivity index (χ2n) is 4.05. The minimum atomic E-state index is -0.671. The Balaban J connectivity index is 2.07. The molecule has 1 rings (SSSR count). The Kier molecular flexibility index (Phi) is 6.10. The van der Waals surface area contributed by atoms with Gasteiger partial charge in [-0.3, -0.25) is 4.79 Å². The van der Waals surface area contributed by atoms with Gasteiger partial charge in [-0.15, -0.1) is 0 Å². The molecule has 1 N–H and O–H groups in total. The Bertz CT molecular complexity index is 199. The molecule has 0 saturated carbocycles. The number of hydrogen-bond donors (Lipinski definition) is 1. The number of rotatable bonds is 6. The molecule has 1 saturated heterocycles. The SMILES string of the molecule is CCC1CN(CCCCC(=O)O)CCS1. The highest BCUT2D eigenvalue weighted by Gasteiger charge is 2.17. The van der Waals surface area contributed by atoms with Gasteiger partial charge in [0.2, 0.25) is 0 Å². The van der Waals surface area contributed by atoms with Crippen molar-refractivity contribution in [3.63, 3.8) is 0 Å². The number of aliphatic carboxylic acids is 1. The van der Waals surface area contributed by atoms with E-state index in [0.29, 0.717) is 6.42 Å². The maximum absolute atomic E-state index is 10.3. The molecule has 0 aliphatic carbocycles. The van der Waals surface area contributed by atoms with Crippen LogP contribution in [0.25, 0.3) is 0 Å². The Morgan fingerprint density at radius 2 is 2.33 bits per heavy atom. The van der Waals surface area contributed by atoms with E-state index in [2.05, 4.69) is 23.6 Å². The molecule has 0 aromatic carbocycles. The molecule has 1 aliphatic heterocycles. The first-order valence-corrected chi connectivity index (χ1v) is 6.83. The zero-order valence-electron chi connectivity index (χ0n) is 9.45. The van der Waals surface area contributed by atoms with E-state index in [0.717, 1.165) is 24.6 Å². The molecule has 0 radical (unpaired) electrons. The molecule has 4 heteroatoms. The topological polar surface area (TPSA) is 40.5 Å². The van der Waals surface area contributed by atoms with Crippen LogP contribution in [0.5, 0.6) is 0 Å². The predicted molar refractivity (Wildman–Crippen MR) is 64.5 cm³/mol. The van der Waals surface area contributed by atoms with E-state index in [4.69, 9.17) is 5.11 Å². The summed E-state index contributed by atoms with van der Waals surface area (Å²) in [5.41, 5.74) is 0. The number of hydrogen-bond acceptors (Lipinski definition) is 3. The highest BCUT2D eigenvalue weighted by molar-refractivity contribution is 8.00. The summed E-state index contributed by atoms with van der Waals surface area (Å²) in [4.78, 5) is 12.8. The zero-order valence-corrected chi connectivity index (χ0v) is 10.3. The average Bonchev–Trinajstić information content (AvgIpc) is 2.24. The van der Waals surface area contributed by atoms with E-state index < -0.39 is 5.97 Å². The molecule has 1 aliphatic rings. The maximum atomic E-state index is 10.3. The third-order valence-corrected chi connectivity index (χ3v) is 4.17. The lowest BCUT2D eigenvalue weighted by atomic mass is 10.2. The van der Waals surface area contributed by atoms with E-state index in [1.807, 2.05) is 0 Å². The number of unbranched alkanes of at least 4 members (excludes halogenated alkanes) is 1. The van der Waals surface area contributed by atoms with Crippen LogP contribution in [0, 0.1) is 0 Å². The Labute approximate surface area is 96.2 Å². The van der Waals surface area contributed by atoms with Crippen LogP contribution in [0.2, 0.25) is 0 Å². The van der Waals surface area contributed by atoms with Crippen LogP contribution < -0.4 is 0 Å². The van der Waals surface area contributed by atoms with Crippen LogP contribution in [-0.2, 0) is 4.79 Å². The normalized spacial score (nSPS) is 22.9. The molecule has 0 aromatic heterocycles. The Morgan fingerprint density at radius 1 is 1.53 bits per heavy atom. The van der Waals surface area contributed by atoms with Gasteiger partial charge in [0.25, 0.3) is 0 Å². The van der Waals surface area contributed by atoms with Crippen LogP contribution in [0.3, 0.4) is 0 Å². The molecule has 1 unspecified atom stereocenters. The van der Waals surface area contributed by atoms with Crippen molar-refractivity contribution >= 4 is 17.7 Å². The molecule has 0 bridgehead atoms. The molecule has 1 heterocycles. The quantitative estimate of drug-likeness (QED) is 0.710. The molecule has 1 atom stereocenters. The fourth-order valence-electron chi connectivity index (χ4n) is 1.84. The van der Waals surface area contributed by atoms with Gasteiger partial charge < -0.3 is 10.0 Å². The summed E-state index contributed by atoms with van der Waals surface area (Å²) in [6, 6.07) is 0. The third kappa shape index (κ3) is 5.42. The molecule has 0 spiro atoms. The minimum absolute atomic E-state index is 0.319. The Morgan fingerprint density at radius 3 is 3.00 bits per heavy atom.